The molecule has 13 heteroatoms. The van der Waals surface area contributed by atoms with Crippen LogP contribution in [0.1, 0.15) is 54.7 Å². The second-order valence-corrected chi connectivity index (χ2v) is 9.21. The maximum Gasteiger partial charge on any atom is 0.330 e. The molecule has 4 aromatic heterocycles. The summed E-state index contributed by atoms with van der Waals surface area (Å²) in [6.45, 7) is 2.29. The number of aliphatic carboxylic acids is 1. The molecule has 0 aliphatic heterocycles. The zero-order valence-electron chi connectivity index (χ0n) is 22.5. The molecule has 0 spiro atoms. The van der Waals surface area contributed by atoms with Gasteiger partial charge in [0.15, 0.2) is 17.0 Å². The van der Waals surface area contributed by atoms with Crippen LogP contribution >= 0.6 is 0 Å². The van der Waals surface area contributed by atoms with Gasteiger partial charge in [-0.3, -0.25) is 13.7 Å². The van der Waals surface area contributed by atoms with Crippen LogP contribution in [0.3, 0.4) is 0 Å². The molecule has 4 heterocycles. The van der Waals surface area contributed by atoms with Crippen molar-refractivity contribution in [2.24, 2.45) is 6.98 Å². The van der Waals surface area contributed by atoms with Gasteiger partial charge in [0.25, 0.3) is 6.43 Å². The Hall–Kier alpha value is -3.90. The molecule has 10 nitrogen and oxygen atoms in total. The van der Waals surface area contributed by atoms with Gasteiger partial charge >= 0.3 is 11.7 Å². The van der Waals surface area contributed by atoms with Crippen molar-refractivity contribution < 1.29 is 27.2 Å². The fraction of sp³-hybridized carbons (Fsp3) is 0.435. The Labute approximate surface area is 206 Å². The number of nitrogens with one attached hydrogen (secondary N) is 1. The molecule has 0 saturated heterocycles. The summed E-state index contributed by atoms with van der Waals surface area (Å²) in [4.78, 5) is 37.6. The Morgan fingerprint density at radius 2 is 1.97 bits per heavy atom. The molecule has 0 radical (unpaired) electrons. The average Bonchev–Trinajstić information content (AvgIpc) is 3.31. The van der Waals surface area contributed by atoms with E-state index < -0.39 is 55.4 Å². The van der Waals surface area contributed by atoms with Crippen molar-refractivity contribution in [3.8, 4) is 0 Å². The minimum Gasteiger partial charge on any atom is -0.479 e. The second-order valence-electron chi connectivity index (χ2n) is 9.21. The number of hydrogen-bond acceptors (Lipinski definition) is 6. The standard InChI is InChI=1S/C23H24F3N7O3/c1-10(2)32-13-6-15(27-9-14(13)31(4)22(32)36)28-16-5-11(3)17-19(29-16)33(20(30-17)18(25)26)23(21(34)35)7-12(24)8-23/h5-6,9-10,12,18H,7-8H2,1-4H3,(H,34,35)(H,27,28,29)/i4D3. The highest BCUT2D eigenvalue weighted by atomic mass is 19.3. The predicted octanol–water partition coefficient (Wildman–Crippen LogP) is 3.96. The van der Waals surface area contributed by atoms with Crippen LogP contribution in [0.4, 0.5) is 24.8 Å². The quantitative estimate of drug-likeness (QED) is 0.406. The van der Waals surface area contributed by atoms with E-state index in [1.54, 1.807) is 20.8 Å². The minimum absolute atomic E-state index is 0.0468. The van der Waals surface area contributed by atoms with Gasteiger partial charge in [0.1, 0.15) is 23.3 Å². The number of aryl methyl sites for hydroxylation is 2. The first kappa shape index (κ1) is 20.3. The van der Waals surface area contributed by atoms with Gasteiger partial charge in [-0.25, -0.2) is 37.7 Å². The third-order valence-electron chi connectivity index (χ3n) is 6.50. The van der Waals surface area contributed by atoms with Gasteiger partial charge in [-0.15, -0.1) is 0 Å². The lowest BCUT2D eigenvalue weighted by Crippen LogP contribution is -2.54. The van der Waals surface area contributed by atoms with Crippen molar-refractivity contribution in [1.82, 2.24) is 28.7 Å². The van der Waals surface area contributed by atoms with E-state index in [0.29, 0.717) is 15.6 Å². The van der Waals surface area contributed by atoms with Crippen LogP contribution in [-0.2, 0) is 17.3 Å². The maximum atomic E-state index is 14.0. The van der Waals surface area contributed by atoms with Crippen molar-refractivity contribution >= 4 is 39.8 Å². The molecule has 190 valence electrons. The SMILES string of the molecule is [2H]C([2H])([2H])n1c(=O)n(C(C)C)c2cc(Nc3cc(C)c4nc(C(F)F)n(C5(C(=O)O)CC(F)C5)c4n3)ncc21. The van der Waals surface area contributed by atoms with E-state index in [-0.39, 0.29) is 34.4 Å². The monoisotopic (exact) mass is 506 g/mol. The highest BCUT2D eigenvalue weighted by molar-refractivity contribution is 5.85. The normalized spacial score (nSPS) is 21.6. The Bertz CT molecular complexity index is 1690. The van der Waals surface area contributed by atoms with Gasteiger partial charge in [-0.1, -0.05) is 0 Å². The molecule has 1 fully saturated rings. The first-order valence-corrected chi connectivity index (χ1v) is 11.1. The third kappa shape index (κ3) is 3.36. The summed E-state index contributed by atoms with van der Waals surface area (Å²) < 4.78 is 67.9. The highest BCUT2D eigenvalue weighted by Gasteiger charge is 2.55. The van der Waals surface area contributed by atoms with E-state index in [2.05, 4.69) is 20.3 Å². The number of anilines is 2. The summed E-state index contributed by atoms with van der Waals surface area (Å²) in [6.07, 6.45) is -4.38. The van der Waals surface area contributed by atoms with Gasteiger partial charge in [0, 0.05) is 36.0 Å². The van der Waals surface area contributed by atoms with E-state index in [1.165, 1.54) is 22.9 Å². The molecule has 0 aromatic carbocycles. The number of aromatic nitrogens is 6. The largest absolute Gasteiger partial charge is 0.479 e. The smallest absolute Gasteiger partial charge is 0.330 e. The van der Waals surface area contributed by atoms with E-state index in [0.717, 1.165) is 4.57 Å². The molecule has 4 aromatic rings. The zero-order chi connectivity index (χ0) is 28.6. The molecule has 0 unspecified atom stereocenters. The van der Waals surface area contributed by atoms with Crippen molar-refractivity contribution in [3.05, 3.63) is 40.2 Å². The van der Waals surface area contributed by atoms with E-state index in [1.807, 2.05) is 0 Å². The molecule has 1 saturated carbocycles. The molecule has 36 heavy (non-hydrogen) atoms. The van der Waals surface area contributed by atoms with Crippen LogP contribution in [0.2, 0.25) is 0 Å². The summed E-state index contributed by atoms with van der Waals surface area (Å²) in [5.74, 6) is -2.03. The van der Waals surface area contributed by atoms with Gasteiger partial charge in [0.05, 0.1) is 17.2 Å². The van der Waals surface area contributed by atoms with Crippen molar-refractivity contribution in [3.63, 3.8) is 0 Å². The van der Waals surface area contributed by atoms with Crippen LogP contribution in [0.5, 0.6) is 0 Å². The van der Waals surface area contributed by atoms with E-state index in [4.69, 9.17) is 4.11 Å². The van der Waals surface area contributed by atoms with Crippen LogP contribution in [0, 0.1) is 6.92 Å². The van der Waals surface area contributed by atoms with Crippen LogP contribution < -0.4 is 11.0 Å². The predicted molar refractivity (Wildman–Crippen MR) is 126 cm³/mol. The van der Waals surface area contributed by atoms with E-state index in [9.17, 15) is 27.9 Å². The Balaban J connectivity index is 1.66. The first-order valence-electron chi connectivity index (χ1n) is 12.6. The molecule has 1 aliphatic carbocycles. The number of pyridine rings is 2. The fourth-order valence-corrected chi connectivity index (χ4v) is 4.79. The number of halogens is 3. The average molecular weight is 507 g/mol. The lowest BCUT2D eigenvalue weighted by Gasteiger charge is -2.42. The molecule has 0 bridgehead atoms. The number of rotatable bonds is 6. The summed E-state index contributed by atoms with van der Waals surface area (Å²) in [5.41, 5.74) is -2.02. The van der Waals surface area contributed by atoms with Crippen LogP contribution in [0.25, 0.3) is 22.2 Å². The number of fused-ring (bicyclic) bond motifs is 2. The minimum atomic E-state index is -3.14. The Morgan fingerprint density at radius 3 is 2.56 bits per heavy atom. The Kier molecular flexibility index (Phi) is 4.55. The number of alkyl halides is 3. The molecular formula is C23H24F3N7O3. The van der Waals surface area contributed by atoms with Crippen LogP contribution in [0.15, 0.2) is 23.1 Å². The van der Waals surface area contributed by atoms with Gasteiger partial charge in [-0.05, 0) is 32.4 Å². The Morgan fingerprint density at radius 1 is 1.25 bits per heavy atom. The molecule has 5 rings (SSSR count). The lowest BCUT2D eigenvalue weighted by molar-refractivity contribution is -0.156. The molecule has 0 atom stereocenters. The lowest BCUT2D eigenvalue weighted by atomic mass is 9.74. The number of hydrogen-bond donors (Lipinski definition) is 2. The molecule has 2 N–H and O–H groups in total. The number of nitrogens with zero attached hydrogens (tertiary/aromatic N) is 6. The summed E-state index contributed by atoms with van der Waals surface area (Å²) in [6, 6.07) is 2.57. The fourth-order valence-electron chi connectivity index (χ4n) is 4.79. The van der Waals surface area contributed by atoms with Gasteiger partial charge < -0.3 is 10.4 Å². The second kappa shape index (κ2) is 8.07. The highest BCUT2D eigenvalue weighted by Crippen LogP contribution is 2.45. The molecule has 0 amide bonds. The third-order valence-corrected chi connectivity index (χ3v) is 6.50. The van der Waals surface area contributed by atoms with E-state index >= 15 is 0 Å². The van der Waals surface area contributed by atoms with Crippen LogP contribution in [-0.4, -0.2) is 45.9 Å². The zero-order valence-corrected chi connectivity index (χ0v) is 19.5. The van der Waals surface area contributed by atoms with Crippen molar-refractivity contribution in [2.75, 3.05) is 5.32 Å². The summed E-state index contributed by atoms with van der Waals surface area (Å²) >= 11 is 0. The van der Waals surface area contributed by atoms with Crippen molar-refractivity contribution in [2.45, 2.75) is 57.8 Å². The summed E-state index contributed by atoms with van der Waals surface area (Å²) in [5, 5.41) is 12.8. The molecule has 1 aliphatic rings. The molecular weight excluding hydrogens is 479 g/mol. The number of carbonyl (C=O) groups is 1. The number of imidazole rings is 2. The first-order chi connectivity index (χ1) is 18.2. The van der Waals surface area contributed by atoms with Crippen molar-refractivity contribution in [1.29, 1.82) is 0 Å². The number of carboxylic acid groups (broad SMARTS) is 1. The topological polar surface area (TPSA) is 120 Å². The maximum absolute atomic E-state index is 14.0. The summed E-state index contributed by atoms with van der Waals surface area (Å²) in [7, 11) is 0. The van der Waals surface area contributed by atoms with Gasteiger partial charge in [-0.2, -0.15) is 0 Å². The van der Waals surface area contributed by atoms with Gasteiger partial charge in [0.2, 0.25) is 0 Å². The number of carboxylic acids is 1.